The Bertz CT molecular complexity index is 811. The van der Waals surface area contributed by atoms with Gasteiger partial charge in [-0.15, -0.1) is 0 Å². The van der Waals surface area contributed by atoms with Gasteiger partial charge in [-0.1, -0.05) is 42.5 Å². The lowest BCUT2D eigenvalue weighted by molar-refractivity contribution is 0.265. The summed E-state index contributed by atoms with van der Waals surface area (Å²) in [5.41, 5.74) is 1.43. The Labute approximate surface area is 148 Å². The zero-order valence-electron chi connectivity index (χ0n) is 12.4. The van der Waals surface area contributed by atoms with Crippen LogP contribution in [0.1, 0.15) is 11.1 Å². The lowest BCUT2D eigenvalue weighted by Gasteiger charge is -2.11. The Balaban J connectivity index is 1.80. The number of thioether (sulfide) groups is 1. The molecule has 1 amide bonds. The SMILES string of the molecule is O=C1NC(=S)C(=Cc2cc(O)c(OCc3ccccc3)c(O)c2)S1. The highest BCUT2D eigenvalue weighted by molar-refractivity contribution is 8.19. The zero-order chi connectivity index (χ0) is 17.1. The topological polar surface area (TPSA) is 78.8 Å². The van der Waals surface area contributed by atoms with Gasteiger partial charge in [0.2, 0.25) is 5.75 Å². The predicted octanol–water partition coefficient (Wildman–Crippen LogP) is 3.80. The Morgan fingerprint density at radius 2 is 1.83 bits per heavy atom. The molecule has 1 aliphatic heterocycles. The number of ether oxygens (including phenoxy) is 1. The number of amides is 1. The van der Waals surface area contributed by atoms with Gasteiger partial charge < -0.3 is 20.3 Å². The number of thiocarbonyl (C=S) groups is 1. The largest absolute Gasteiger partial charge is 0.504 e. The lowest BCUT2D eigenvalue weighted by atomic mass is 10.1. The summed E-state index contributed by atoms with van der Waals surface area (Å²) in [6.45, 7) is 0.223. The number of nitrogens with one attached hydrogen (secondary N) is 1. The Kier molecular flexibility index (Phi) is 4.73. The summed E-state index contributed by atoms with van der Waals surface area (Å²) in [5, 5.41) is 22.5. The molecule has 122 valence electrons. The minimum atomic E-state index is -0.248. The lowest BCUT2D eigenvalue weighted by Crippen LogP contribution is -2.15. The summed E-state index contributed by atoms with van der Waals surface area (Å²) in [5.74, 6) is -0.367. The van der Waals surface area contributed by atoms with E-state index in [4.69, 9.17) is 17.0 Å². The molecular formula is C17H13NO4S2. The number of carbonyl (C=O) groups is 1. The van der Waals surface area contributed by atoms with E-state index in [9.17, 15) is 15.0 Å². The molecule has 0 bridgehead atoms. The number of phenols is 2. The average Bonchev–Trinajstić information content (AvgIpc) is 2.85. The molecule has 5 nitrogen and oxygen atoms in total. The number of hydrogen-bond donors (Lipinski definition) is 3. The van der Waals surface area contributed by atoms with E-state index in [0.717, 1.165) is 17.3 Å². The molecule has 1 aliphatic rings. The Hall–Kier alpha value is -2.51. The third kappa shape index (κ3) is 3.69. The molecule has 2 aromatic rings. The molecule has 24 heavy (non-hydrogen) atoms. The van der Waals surface area contributed by atoms with Gasteiger partial charge in [0, 0.05) is 0 Å². The fourth-order valence-corrected chi connectivity index (χ4v) is 3.19. The van der Waals surface area contributed by atoms with E-state index in [1.54, 1.807) is 6.08 Å². The molecule has 0 saturated carbocycles. The first-order valence-electron chi connectivity index (χ1n) is 7.00. The van der Waals surface area contributed by atoms with Gasteiger partial charge in [-0.2, -0.15) is 0 Å². The first-order chi connectivity index (χ1) is 11.5. The smallest absolute Gasteiger partial charge is 0.289 e. The maximum atomic E-state index is 11.3. The van der Waals surface area contributed by atoms with Crippen molar-refractivity contribution in [1.82, 2.24) is 5.32 Å². The standard InChI is InChI=1S/C17H13NO4S2/c19-12-6-11(8-14-16(23)18-17(21)24-14)7-13(20)15(12)22-9-10-4-2-1-3-5-10/h1-8,19-20H,9H2,(H,18,21,23). The predicted molar refractivity (Wildman–Crippen MR) is 97.2 cm³/mol. The number of carbonyl (C=O) groups excluding carboxylic acids is 1. The molecule has 0 unspecified atom stereocenters. The third-order valence-electron chi connectivity index (χ3n) is 3.24. The van der Waals surface area contributed by atoms with Crippen LogP contribution in [0, 0.1) is 0 Å². The molecule has 3 rings (SSSR count). The van der Waals surface area contributed by atoms with Gasteiger partial charge >= 0.3 is 0 Å². The quantitative estimate of drug-likeness (QED) is 0.569. The van der Waals surface area contributed by atoms with Crippen LogP contribution in [0.25, 0.3) is 6.08 Å². The second-order valence-electron chi connectivity index (χ2n) is 5.01. The van der Waals surface area contributed by atoms with Crippen LogP contribution >= 0.6 is 24.0 Å². The second kappa shape index (κ2) is 6.94. The van der Waals surface area contributed by atoms with Crippen molar-refractivity contribution in [3.63, 3.8) is 0 Å². The first-order valence-corrected chi connectivity index (χ1v) is 8.23. The van der Waals surface area contributed by atoms with E-state index in [-0.39, 0.29) is 29.1 Å². The molecule has 0 aromatic heterocycles. The number of phenolic OH excluding ortho intramolecular Hbond substituents is 2. The number of aromatic hydroxyl groups is 2. The van der Waals surface area contributed by atoms with E-state index in [1.165, 1.54) is 12.1 Å². The zero-order valence-corrected chi connectivity index (χ0v) is 14.0. The van der Waals surface area contributed by atoms with Crippen LogP contribution in [0.4, 0.5) is 4.79 Å². The summed E-state index contributed by atoms with van der Waals surface area (Å²) in [6, 6.07) is 12.3. The van der Waals surface area contributed by atoms with Crippen molar-refractivity contribution in [3.05, 3.63) is 58.5 Å². The highest BCUT2D eigenvalue weighted by Crippen LogP contribution is 2.39. The average molecular weight is 359 g/mol. The van der Waals surface area contributed by atoms with Crippen molar-refractivity contribution in [2.75, 3.05) is 0 Å². The third-order valence-corrected chi connectivity index (χ3v) is 4.52. The van der Waals surface area contributed by atoms with E-state index in [2.05, 4.69) is 5.32 Å². The first kappa shape index (κ1) is 16.4. The number of hydrogen-bond acceptors (Lipinski definition) is 6. The molecule has 2 aromatic carbocycles. The highest BCUT2D eigenvalue weighted by atomic mass is 32.2. The molecular weight excluding hydrogens is 346 g/mol. The summed E-state index contributed by atoms with van der Waals surface area (Å²) >= 11 is 6.00. The maximum absolute atomic E-state index is 11.3. The molecule has 7 heteroatoms. The molecule has 0 atom stereocenters. The molecule has 0 radical (unpaired) electrons. The molecule has 3 N–H and O–H groups in total. The fourth-order valence-electron chi connectivity index (χ4n) is 2.15. The van der Waals surface area contributed by atoms with Crippen molar-refractivity contribution in [2.24, 2.45) is 0 Å². The van der Waals surface area contributed by atoms with Crippen LogP contribution in [0.15, 0.2) is 47.4 Å². The van der Waals surface area contributed by atoms with Gasteiger partial charge in [0.25, 0.3) is 5.24 Å². The Morgan fingerprint density at radius 3 is 2.42 bits per heavy atom. The maximum Gasteiger partial charge on any atom is 0.289 e. The molecule has 0 spiro atoms. The summed E-state index contributed by atoms with van der Waals surface area (Å²) < 4.78 is 5.50. The summed E-state index contributed by atoms with van der Waals surface area (Å²) in [7, 11) is 0. The van der Waals surface area contributed by atoms with E-state index in [0.29, 0.717) is 15.5 Å². The van der Waals surface area contributed by atoms with Crippen LogP contribution in [0.5, 0.6) is 17.2 Å². The minimum absolute atomic E-state index is 0.0110. The van der Waals surface area contributed by atoms with Crippen molar-refractivity contribution >= 4 is 40.3 Å². The molecule has 1 heterocycles. The fraction of sp³-hybridized carbons (Fsp3) is 0.0588. The number of benzene rings is 2. The van der Waals surface area contributed by atoms with Gasteiger partial charge in [0.15, 0.2) is 11.5 Å². The van der Waals surface area contributed by atoms with E-state index in [1.807, 2.05) is 30.3 Å². The molecule has 0 aliphatic carbocycles. The second-order valence-corrected chi connectivity index (χ2v) is 6.44. The minimum Gasteiger partial charge on any atom is -0.504 e. The van der Waals surface area contributed by atoms with Crippen LogP contribution < -0.4 is 10.1 Å². The van der Waals surface area contributed by atoms with Crippen molar-refractivity contribution < 1.29 is 19.7 Å². The normalized spacial score (nSPS) is 15.6. The van der Waals surface area contributed by atoms with Crippen molar-refractivity contribution in [1.29, 1.82) is 0 Å². The molecule has 1 saturated heterocycles. The number of rotatable bonds is 4. The van der Waals surface area contributed by atoms with Crippen LogP contribution in [-0.4, -0.2) is 20.4 Å². The van der Waals surface area contributed by atoms with Gasteiger partial charge in [-0.05, 0) is 41.1 Å². The van der Waals surface area contributed by atoms with Gasteiger partial charge in [-0.3, -0.25) is 4.79 Å². The van der Waals surface area contributed by atoms with Gasteiger partial charge in [0.05, 0.1) is 4.91 Å². The van der Waals surface area contributed by atoms with Crippen molar-refractivity contribution in [3.8, 4) is 17.2 Å². The highest BCUT2D eigenvalue weighted by Gasteiger charge is 2.22. The van der Waals surface area contributed by atoms with Crippen LogP contribution in [-0.2, 0) is 6.61 Å². The van der Waals surface area contributed by atoms with E-state index < -0.39 is 0 Å². The van der Waals surface area contributed by atoms with Gasteiger partial charge in [0.1, 0.15) is 11.6 Å². The van der Waals surface area contributed by atoms with E-state index >= 15 is 0 Å². The molecule has 1 fully saturated rings. The summed E-state index contributed by atoms with van der Waals surface area (Å²) in [4.78, 5) is 12.2. The monoisotopic (exact) mass is 359 g/mol. The van der Waals surface area contributed by atoms with Crippen LogP contribution in [0.2, 0.25) is 0 Å². The Morgan fingerprint density at radius 1 is 1.17 bits per heavy atom. The van der Waals surface area contributed by atoms with Crippen LogP contribution in [0.3, 0.4) is 0 Å². The van der Waals surface area contributed by atoms with Crippen molar-refractivity contribution in [2.45, 2.75) is 6.61 Å². The van der Waals surface area contributed by atoms with Gasteiger partial charge in [-0.25, -0.2) is 0 Å². The summed E-state index contributed by atoms with van der Waals surface area (Å²) in [6.07, 6.45) is 1.62.